The fraction of sp³-hybridized carbons (Fsp3) is 0.200. The molecular weight excluding hydrogens is 261 g/mol. The summed E-state index contributed by atoms with van der Waals surface area (Å²) in [5, 5.41) is 0. The lowest BCUT2D eigenvalue weighted by Gasteiger charge is -2.13. The number of halogens is 1. The van der Waals surface area contributed by atoms with Gasteiger partial charge in [0.15, 0.2) is 11.6 Å². The van der Waals surface area contributed by atoms with Crippen LogP contribution in [-0.4, -0.2) is 14.2 Å². The molecule has 0 aromatic heterocycles. The molecule has 0 saturated carbocycles. The van der Waals surface area contributed by atoms with Gasteiger partial charge in [-0.15, -0.1) is 0 Å². The van der Waals surface area contributed by atoms with Gasteiger partial charge in [-0.25, -0.2) is 4.39 Å². The molecule has 0 fully saturated rings. The summed E-state index contributed by atoms with van der Waals surface area (Å²) in [7, 11) is 3.07. The van der Waals surface area contributed by atoms with E-state index < -0.39 is 5.82 Å². The summed E-state index contributed by atoms with van der Waals surface area (Å²) in [6, 6.07) is 9.64. The van der Waals surface area contributed by atoms with E-state index >= 15 is 0 Å². The molecule has 0 atom stereocenters. The average molecular weight is 277 g/mol. The van der Waals surface area contributed by atoms with Crippen LogP contribution in [0.4, 0.5) is 4.39 Å². The monoisotopic (exact) mass is 277 g/mol. The van der Waals surface area contributed by atoms with E-state index in [9.17, 15) is 4.39 Å². The van der Waals surface area contributed by atoms with Crippen LogP contribution in [0.2, 0.25) is 0 Å². The first-order valence-electron chi connectivity index (χ1n) is 6.06. The van der Waals surface area contributed by atoms with Crippen molar-refractivity contribution in [2.24, 2.45) is 5.73 Å². The van der Waals surface area contributed by atoms with Crippen molar-refractivity contribution in [2.75, 3.05) is 14.2 Å². The third kappa shape index (κ3) is 3.00. The molecule has 0 bridgehead atoms. The second kappa shape index (κ2) is 6.25. The smallest absolute Gasteiger partial charge is 0.167 e. The highest BCUT2D eigenvalue weighted by atomic mass is 19.1. The molecule has 0 heterocycles. The Morgan fingerprint density at radius 3 is 2.15 bits per heavy atom. The van der Waals surface area contributed by atoms with Crippen molar-refractivity contribution >= 4 is 0 Å². The minimum Gasteiger partial charge on any atom is -0.496 e. The Morgan fingerprint density at radius 1 is 1.00 bits per heavy atom. The van der Waals surface area contributed by atoms with Gasteiger partial charge < -0.3 is 19.9 Å². The van der Waals surface area contributed by atoms with E-state index in [1.54, 1.807) is 30.3 Å². The maximum Gasteiger partial charge on any atom is 0.167 e. The number of hydrogen-bond acceptors (Lipinski definition) is 4. The zero-order chi connectivity index (χ0) is 14.5. The lowest BCUT2D eigenvalue weighted by Crippen LogP contribution is -2.01. The topological polar surface area (TPSA) is 53.7 Å². The molecule has 0 aliphatic rings. The van der Waals surface area contributed by atoms with Crippen LogP contribution in [0.15, 0.2) is 36.4 Å². The second-order valence-corrected chi connectivity index (χ2v) is 4.08. The van der Waals surface area contributed by atoms with Gasteiger partial charge in [-0.2, -0.15) is 0 Å². The molecule has 2 rings (SSSR count). The molecule has 0 aliphatic heterocycles. The van der Waals surface area contributed by atoms with Crippen molar-refractivity contribution < 1.29 is 18.6 Å². The van der Waals surface area contributed by atoms with E-state index in [1.807, 2.05) is 0 Å². The molecule has 0 amide bonds. The SMILES string of the molecule is COc1cc(OC)cc(Oc2c(F)cccc2CN)c1. The Bertz CT molecular complexity index is 579. The Balaban J connectivity index is 2.39. The number of nitrogens with two attached hydrogens (primary N) is 1. The molecule has 0 unspecified atom stereocenters. The van der Waals surface area contributed by atoms with Crippen LogP contribution >= 0.6 is 0 Å². The number of para-hydroxylation sites is 1. The molecule has 2 aromatic rings. The minimum atomic E-state index is -0.463. The maximum absolute atomic E-state index is 13.8. The number of methoxy groups -OCH3 is 2. The van der Waals surface area contributed by atoms with Gasteiger partial charge in [0.05, 0.1) is 14.2 Å². The first-order valence-corrected chi connectivity index (χ1v) is 6.06. The third-order valence-corrected chi connectivity index (χ3v) is 2.81. The largest absolute Gasteiger partial charge is 0.496 e. The van der Waals surface area contributed by atoms with Gasteiger partial charge in [0, 0.05) is 30.3 Å². The Morgan fingerprint density at radius 2 is 1.60 bits per heavy atom. The maximum atomic E-state index is 13.8. The van der Waals surface area contributed by atoms with Gasteiger partial charge in [-0.05, 0) is 6.07 Å². The number of ether oxygens (including phenoxy) is 3. The van der Waals surface area contributed by atoms with Crippen molar-refractivity contribution in [2.45, 2.75) is 6.54 Å². The van der Waals surface area contributed by atoms with Crippen molar-refractivity contribution in [1.82, 2.24) is 0 Å². The molecule has 20 heavy (non-hydrogen) atoms. The number of hydrogen-bond donors (Lipinski definition) is 1. The van der Waals surface area contributed by atoms with Gasteiger partial charge in [0.1, 0.15) is 17.2 Å². The van der Waals surface area contributed by atoms with Gasteiger partial charge in [0.2, 0.25) is 0 Å². The summed E-state index contributed by atoms with van der Waals surface area (Å²) < 4.78 is 29.7. The Labute approximate surface area is 116 Å². The lowest BCUT2D eigenvalue weighted by atomic mass is 10.2. The first kappa shape index (κ1) is 14.1. The molecular formula is C15H16FNO3. The van der Waals surface area contributed by atoms with Gasteiger partial charge in [0.25, 0.3) is 0 Å². The molecule has 106 valence electrons. The predicted molar refractivity (Wildman–Crippen MR) is 73.9 cm³/mol. The fourth-order valence-electron chi connectivity index (χ4n) is 1.79. The number of benzene rings is 2. The third-order valence-electron chi connectivity index (χ3n) is 2.81. The molecule has 0 aliphatic carbocycles. The van der Waals surface area contributed by atoms with Crippen LogP contribution in [0.25, 0.3) is 0 Å². The lowest BCUT2D eigenvalue weighted by molar-refractivity contribution is 0.382. The second-order valence-electron chi connectivity index (χ2n) is 4.08. The van der Waals surface area contributed by atoms with Crippen LogP contribution in [0.5, 0.6) is 23.0 Å². The summed E-state index contributed by atoms with van der Waals surface area (Å²) in [6.07, 6.45) is 0. The van der Waals surface area contributed by atoms with Crippen LogP contribution in [0.3, 0.4) is 0 Å². The highest BCUT2D eigenvalue weighted by Gasteiger charge is 2.11. The molecule has 0 spiro atoms. The van der Waals surface area contributed by atoms with Crippen molar-refractivity contribution in [1.29, 1.82) is 0 Å². The predicted octanol–water partition coefficient (Wildman–Crippen LogP) is 3.09. The summed E-state index contributed by atoms with van der Waals surface area (Å²) in [4.78, 5) is 0. The summed E-state index contributed by atoms with van der Waals surface area (Å²) in [6.45, 7) is 0.189. The molecule has 0 radical (unpaired) electrons. The molecule has 5 heteroatoms. The minimum absolute atomic E-state index is 0.116. The first-order chi connectivity index (χ1) is 9.67. The standard InChI is InChI=1S/C15H16FNO3/c1-18-11-6-12(19-2)8-13(7-11)20-15-10(9-17)4-3-5-14(15)16/h3-8H,9,17H2,1-2H3. The Kier molecular flexibility index (Phi) is 4.42. The summed E-state index contributed by atoms with van der Waals surface area (Å²) in [5.74, 6) is 1.19. The zero-order valence-corrected chi connectivity index (χ0v) is 11.4. The van der Waals surface area contributed by atoms with Crippen molar-refractivity contribution in [3.8, 4) is 23.0 Å². The van der Waals surface area contributed by atoms with Crippen LogP contribution in [0, 0.1) is 5.82 Å². The highest BCUT2D eigenvalue weighted by Crippen LogP contribution is 2.33. The Hall–Kier alpha value is -2.27. The average Bonchev–Trinajstić information content (AvgIpc) is 2.48. The summed E-state index contributed by atoms with van der Waals surface area (Å²) >= 11 is 0. The van der Waals surface area contributed by atoms with E-state index in [-0.39, 0.29) is 12.3 Å². The van der Waals surface area contributed by atoms with E-state index in [0.29, 0.717) is 22.8 Å². The van der Waals surface area contributed by atoms with Crippen molar-refractivity contribution in [3.63, 3.8) is 0 Å². The fourth-order valence-corrected chi connectivity index (χ4v) is 1.79. The van der Waals surface area contributed by atoms with E-state index in [2.05, 4.69) is 0 Å². The van der Waals surface area contributed by atoms with Gasteiger partial charge >= 0.3 is 0 Å². The molecule has 0 saturated heterocycles. The van der Waals surface area contributed by atoms with E-state index in [0.717, 1.165) is 0 Å². The van der Waals surface area contributed by atoms with Crippen LogP contribution in [0.1, 0.15) is 5.56 Å². The van der Waals surface area contributed by atoms with E-state index in [1.165, 1.54) is 20.3 Å². The van der Waals surface area contributed by atoms with Crippen molar-refractivity contribution in [3.05, 3.63) is 47.8 Å². The zero-order valence-electron chi connectivity index (χ0n) is 11.4. The quantitative estimate of drug-likeness (QED) is 0.912. The molecule has 2 N–H and O–H groups in total. The number of rotatable bonds is 5. The van der Waals surface area contributed by atoms with Crippen LogP contribution < -0.4 is 19.9 Å². The van der Waals surface area contributed by atoms with Crippen LogP contribution in [-0.2, 0) is 6.54 Å². The molecule has 4 nitrogen and oxygen atoms in total. The van der Waals surface area contributed by atoms with Gasteiger partial charge in [-0.3, -0.25) is 0 Å². The summed E-state index contributed by atoms with van der Waals surface area (Å²) in [5.41, 5.74) is 6.18. The van der Waals surface area contributed by atoms with Gasteiger partial charge in [-0.1, -0.05) is 12.1 Å². The highest BCUT2D eigenvalue weighted by molar-refractivity contribution is 5.45. The van der Waals surface area contributed by atoms with E-state index in [4.69, 9.17) is 19.9 Å². The molecule has 2 aromatic carbocycles. The normalized spacial score (nSPS) is 10.2.